The molecule has 19 heavy (non-hydrogen) atoms. The summed E-state index contributed by atoms with van der Waals surface area (Å²) in [5, 5.41) is 10.0. The number of aromatic hydroxyl groups is 1. The molecule has 3 heteroatoms. The van der Waals surface area contributed by atoms with Crippen molar-refractivity contribution in [2.24, 2.45) is 11.7 Å². The minimum Gasteiger partial charge on any atom is -0.508 e. The molecule has 0 heterocycles. The lowest BCUT2D eigenvalue weighted by molar-refractivity contribution is 0.462. The summed E-state index contributed by atoms with van der Waals surface area (Å²) in [6, 6.07) is 5.70. The number of phenolic OH excluding ortho intramolecular Hbond substituents is 1. The van der Waals surface area contributed by atoms with Crippen molar-refractivity contribution in [2.45, 2.75) is 46.6 Å². The van der Waals surface area contributed by atoms with Crippen molar-refractivity contribution in [3.05, 3.63) is 23.8 Å². The van der Waals surface area contributed by atoms with Crippen molar-refractivity contribution in [1.29, 1.82) is 0 Å². The molecule has 0 fully saturated rings. The van der Waals surface area contributed by atoms with E-state index < -0.39 is 0 Å². The van der Waals surface area contributed by atoms with Gasteiger partial charge in [-0.3, -0.25) is 0 Å². The van der Waals surface area contributed by atoms with Gasteiger partial charge in [0.25, 0.3) is 0 Å². The molecule has 1 atom stereocenters. The third-order valence-electron chi connectivity index (χ3n) is 3.88. The standard InChI is InChI=1S/C16H28N2O/c1-5-13(6-2)11-18(7-3)14-8-9-15(12(4)17)16(19)10-14/h8-10,12-13,19H,5-7,11,17H2,1-4H3. The summed E-state index contributed by atoms with van der Waals surface area (Å²) in [5.74, 6) is 1.01. The van der Waals surface area contributed by atoms with Crippen molar-refractivity contribution >= 4 is 5.69 Å². The second-order valence-electron chi connectivity index (χ2n) is 5.25. The predicted octanol–water partition coefficient (Wildman–Crippen LogP) is 3.67. The van der Waals surface area contributed by atoms with Gasteiger partial charge in [0, 0.05) is 36.4 Å². The molecular formula is C16H28N2O. The maximum absolute atomic E-state index is 10.0. The zero-order valence-corrected chi connectivity index (χ0v) is 12.7. The Morgan fingerprint density at radius 1 is 1.21 bits per heavy atom. The predicted molar refractivity (Wildman–Crippen MR) is 82.7 cm³/mol. The Balaban J connectivity index is 2.90. The van der Waals surface area contributed by atoms with Gasteiger partial charge in [0.1, 0.15) is 5.75 Å². The molecule has 0 aliphatic carbocycles. The van der Waals surface area contributed by atoms with Crippen molar-refractivity contribution in [1.82, 2.24) is 0 Å². The molecule has 0 bridgehead atoms. The fraction of sp³-hybridized carbons (Fsp3) is 0.625. The number of nitrogens with zero attached hydrogens (tertiary/aromatic N) is 1. The summed E-state index contributed by atoms with van der Waals surface area (Å²) in [7, 11) is 0. The molecule has 0 saturated heterocycles. The second kappa shape index (κ2) is 7.39. The summed E-state index contributed by atoms with van der Waals surface area (Å²) in [6.07, 6.45) is 2.38. The molecule has 1 unspecified atom stereocenters. The van der Waals surface area contributed by atoms with Crippen molar-refractivity contribution < 1.29 is 5.11 Å². The highest BCUT2D eigenvalue weighted by atomic mass is 16.3. The SMILES string of the molecule is CCC(CC)CN(CC)c1ccc(C(C)N)c(O)c1. The van der Waals surface area contributed by atoms with Gasteiger partial charge >= 0.3 is 0 Å². The van der Waals surface area contributed by atoms with Gasteiger partial charge < -0.3 is 15.7 Å². The van der Waals surface area contributed by atoms with Gasteiger partial charge in [-0.15, -0.1) is 0 Å². The first kappa shape index (κ1) is 15.8. The Hall–Kier alpha value is -1.22. The molecule has 0 spiro atoms. The fourth-order valence-corrected chi connectivity index (χ4v) is 2.39. The smallest absolute Gasteiger partial charge is 0.122 e. The zero-order valence-electron chi connectivity index (χ0n) is 12.7. The molecule has 1 aromatic carbocycles. The number of benzene rings is 1. The van der Waals surface area contributed by atoms with Crippen LogP contribution in [0.15, 0.2) is 18.2 Å². The van der Waals surface area contributed by atoms with Gasteiger partial charge in [-0.1, -0.05) is 32.8 Å². The quantitative estimate of drug-likeness (QED) is 0.790. The minimum absolute atomic E-state index is 0.136. The van der Waals surface area contributed by atoms with Crippen LogP contribution in [0.1, 0.15) is 52.1 Å². The number of hydrogen-bond donors (Lipinski definition) is 2. The van der Waals surface area contributed by atoms with E-state index in [0.717, 1.165) is 24.3 Å². The minimum atomic E-state index is -0.136. The third kappa shape index (κ3) is 4.13. The van der Waals surface area contributed by atoms with E-state index >= 15 is 0 Å². The van der Waals surface area contributed by atoms with Gasteiger partial charge in [0.15, 0.2) is 0 Å². The monoisotopic (exact) mass is 264 g/mol. The first-order valence-electron chi connectivity index (χ1n) is 7.36. The lowest BCUT2D eigenvalue weighted by Gasteiger charge is -2.28. The van der Waals surface area contributed by atoms with Crippen LogP contribution < -0.4 is 10.6 Å². The normalized spacial score (nSPS) is 12.7. The first-order chi connectivity index (χ1) is 9.03. The van der Waals surface area contributed by atoms with E-state index in [1.54, 1.807) is 0 Å². The average Bonchev–Trinajstić information content (AvgIpc) is 2.39. The maximum atomic E-state index is 10.0. The van der Waals surface area contributed by atoms with Crippen LogP contribution in [0, 0.1) is 5.92 Å². The van der Waals surface area contributed by atoms with Crippen LogP contribution in [-0.4, -0.2) is 18.2 Å². The molecule has 0 amide bonds. The number of anilines is 1. The number of rotatable bonds is 7. The number of nitrogens with two attached hydrogens (primary N) is 1. The Kier molecular flexibility index (Phi) is 6.16. The molecule has 1 aromatic rings. The molecule has 108 valence electrons. The highest BCUT2D eigenvalue weighted by molar-refractivity contribution is 5.54. The Morgan fingerprint density at radius 3 is 2.26 bits per heavy atom. The molecule has 0 radical (unpaired) electrons. The summed E-state index contributed by atoms with van der Waals surface area (Å²) in [4.78, 5) is 2.32. The van der Waals surface area contributed by atoms with Crippen LogP contribution in [0.4, 0.5) is 5.69 Å². The zero-order chi connectivity index (χ0) is 14.4. The van der Waals surface area contributed by atoms with Crippen molar-refractivity contribution in [2.75, 3.05) is 18.0 Å². The lowest BCUT2D eigenvalue weighted by atomic mass is 10.0. The van der Waals surface area contributed by atoms with E-state index in [0.29, 0.717) is 11.7 Å². The largest absolute Gasteiger partial charge is 0.508 e. The molecule has 3 N–H and O–H groups in total. The van der Waals surface area contributed by atoms with Crippen molar-refractivity contribution in [3.8, 4) is 5.75 Å². The summed E-state index contributed by atoms with van der Waals surface area (Å²) < 4.78 is 0. The van der Waals surface area contributed by atoms with Crippen LogP contribution >= 0.6 is 0 Å². The van der Waals surface area contributed by atoms with Crippen LogP contribution in [-0.2, 0) is 0 Å². The van der Waals surface area contributed by atoms with Gasteiger partial charge in [-0.05, 0) is 25.8 Å². The fourth-order valence-electron chi connectivity index (χ4n) is 2.39. The van der Waals surface area contributed by atoms with Crippen LogP contribution in [0.2, 0.25) is 0 Å². The van der Waals surface area contributed by atoms with Crippen molar-refractivity contribution in [3.63, 3.8) is 0 Å². The second-order valence-corrected chi connectivity index (χ2v) is 5.25. The van der Waals surface area contributed by atoms with E-state index in [1.807, 2.05) is 19.1 Å². The van der Waals surface area contributed by atoms with E-state index in [9.17, 15) is 5.11 Å². The van der Waals surface area contributed by atoms with Crippen LogP contribution in [0.25, 0.3) is 0 Å². The van der Waals surface area contributed by atoms with Gasteiger partial charge in [0.2, 0.25) is 0 Å². The van der Waals surface area contributed by atoms with Crippen LogP contribution in [0.3, 0.4) is 0 Å². The summed E-state index contributed by atoms with van der Waals surface area (Å²) in [6.45, 7) is 10.5. The van der Waals surface area contributed by atoms with Gasteiger partial charge in [-0.2, -0.15) is 0 Å². The van der Waals surface area contributed by atoms with Gasteiger partial charge in [-0.25, -0.2) is 0 Å². The van der Waals surface area contributed by atoms with E-state index in [1.165, 1.54) is 12.8 Å². The molecule has 0 aliphatic rings. The Labute approximate surface area is 117 Å². The average molecular weight is 264 g/mol. The Morgan fingerprint density at radius 2 is 1.84 bits per heavy atom. The molecular weight excluding hydrogens is 236 g/mol. The highest BCUT2D eigenvalue weighted by Crippen LogP contribution is 2.28. The van der Waals surface area contributed by atoms with Crippen LogP contribution in [0.5, 0.6) is 5.75 Å². The Bertz CT molecular complexity index is 386. The molecule has 1 rings (SSSR count). The van der Waals surface area contributed by atoms with Gasteiger partial charge in [0.05, 0.1) is 0 Å². The van der Waals surface area contributed by atoms with E-state index in [2.05, 4.69) is 31.7 Å². The first-order valence-corrected chi connectivity index (χ1v) is 7.36. The van der Waals surface area contributed by atoms with E-state index in [-0.39, 0.29) is 6.04 Å². The summed E-state index contributed by atoms with van der Waals surface area (Å²) in [5.41, 5.74) is 7.71. The molecule has 0 saturated carbocycles. The number of phenols is 1. The lowest BCUT2D eigenvalue weighted by Crippen LogP contribution is -2.29. The highest BCUT2D eigenvalue weighted by Gasteiger charge is 2.13. The third-order valence-corrected chi connectivity index (χ3v) is 3.88. The summed E-state index contributed by atoms with van der Waals surface area (Å²) >= 11 is 0. The molecule has 0 aliphatic heterocycles. The molecule has 3 nitrogen and oxygen atoms in total. The van der Waals surface area contributed by atoms with E-state index in [4.69, 9.17) is 5.73 Å². The maximum Gasteiger partial charge on any atom is 0.122 e. The topological polar surface area (TPSA) is 49.5 Å². The molecule has 0 aromatic heterocycles. The number of hydrogen-bond acceptors (Lipinski definition) is 3.